The Kier molecular flexibility index (Phi) is 8.42. The molecule has 0 aromatic heterocycles. The molecule has 0 unspecified atom stereocenters. The number of benzene rings is 3. The van der Waals surface area contributed by atoms with E-state index in [4.69, 9.17) is 17.0 Å². The molecule has 3 aromatic carbocycles. The number of carbonyl (C=O) groups is 2. The summed E-state index contributed by atoms with van der Waals surface area (Å²) in [6.07, 6.45) is 2.68. The van der Waals surface area contributed by atoms with Crippen LogP contribution in [0, 0.1) is 10.1 Å². The van der Waals surface area contributed by atoms with Gasteiger partial charge in [0, 0.05) is 18.2 Å². The van der Waals surface area contributed by atoms with Gasteiger partial charge in [0.2, 0.25) is 5.91 Å². The molecule has 172 valence electrons. The first-order chi connectivity index (χ1) is 16.4. The third-order valence-electron chi connectivity index (χ3n) is 4.41. The molecular formula is C24H20N4O5S. The molecule has 0 bridgehead atoms. The summed E-state index contributed by atoms with van der Waals surface area (Å²) in [5.41, 5.74) is 7.40. The summed E-state index contributed by atoms with van der Waals surface area (Å²) in [6, 6.07) is 22.9. The van der Waals surface area contributed by atoms with E-state index in [0.717, 1.165) is 11.1 Å². The summed E-state index contributed by atoms with van der Waals surface area (Å²) in [5.74, 6) is -0.507. The summed E-state index contributed by atoms with van der Waals surface area (Å²) in [7, 11) is 0. The normalized spacial score (nSPS) is 10.4. The van der Waals surface area contributed by atoms with Crippen molar-refractivity contribution in [1.29, 1.82) is 0 Å². The molecule has 0 saturated heterocycles. The van der Waals surface area contributed by atoms with Crippen molar-refractivity contribution < 1.29 is 19.2 Å². The van der Waals surface area contributed by atoms with Crippen molar-refractivity contribution in [1.82, 2.24) is 16.2 Å². The highest BCUT2D eigenvalue weighted by molar-refractivity contribution is 7.80. The van der Waals surface area contributed by atoms with Crippen molar-refractivity contribution in [2.45, 2.75) is 0 Å². The highest BCUT2D eigenvalue weighted by Crippen LogP contribution is 2.21. The fourth-order valence-electron chi connectivity index (χ4n) is 2.75. The van der Waals surface area contributed by atoms with Crippen LogP contribution in [0.2, 0.25) is 0 Å². The minimum absolute atomic E-state index is 0.0455. The quantitative estimate of drug-likeness (QED) is 0.207. The van der Waals surface area contributed by atoms with E-state index in [0.29, 0.717) is 11.3 Å². The number of nitro benzene ring substituents is 1. The second-order valence-electron chi connectivity index (χ2n) is 6.85. The molecule has 3 aromatic rings. The van der Waals surface area contributed by atoms with Gasteiger partial charge in [0.05, 0.1) is 4.92 Å². The molecule has 2 amide bonds. The maximum Gasteiger partial charge on any atom is 0.276 e. The van der Waals surface area contributed by atoms with E-state index in [9.17, 15) is 19.7 Å². The third kappa shape index (κ3) is 7.53. The zero-order valence-electron chi connectivity index (χ0n) is 17.8. The van der Waals surface area contributed by atoms with Crippen molar-refractivity contribution in [3.05, 3.63) is 101 Å². The Hall–Kier alpha value is -4.57. The van der Waals surface area contributed by atoms with E-state index in [1.165, 1.54) is 36.4 Å². The van der Waals surface area contributed by atoms with Crippen LogP contribution in [0.5, 0.6) is 5.75 Å². The molecule has 0 heterocycles. The van der Waals surface area contributed by atoms with Gasteiger partial charge in [-0.25, -0.2) is 0 Å². The van der Waals surface area contributed by atoms with Crippen molar-refractivity contribution in [3.63, 3.8) is 0 Å². The van der Waals surface area contributed by atoms with Crippen LogP contribution in [-0.4, -0.2) is 28.5 Å². The summed E-state index contributed by atoms with van der Waals surface area (Å²) < 4.78 is 5.45. The second-order valence-corrected chi connectivity index (χ2v) is 7.26. The topological polar surface area (TPSA) is 123 Å². The number of non-ortho nitro benzene ring substituents is 1. The van der Waals surface area contributed by atoms with Gasteiger partial charge in [-0.1, -0.05) is 42.5 Å². The van der Waals surface area contributed by atoms with Crippen LogP contribution in [-0.2, 0) is 9.59 Å². The molecule has 0 aliphatic rings. The lowest BCUT2D eigenvalue weighted by molar-refractivity contribution is -0.384. The molecule has 0 atom stereocenters. The zero-order chi connectivity index (χ0) is 24.3. The Labute approximate surface area is 200 Å². The first kappa shape index (κ1) is 24.1. The number of nitrogens with one attached hydrogen (secondary N) is 3. The van der Waals surface area contributed by atoms with Crippen molar-refractivity contribution in [3.8, 4) is 16.9 Å². The number of hydrogen-bond donors (Lipinski definition) is 3. The number of hydrogen-bond acceptors (Lipinski definition) is 6. The van der Waals surface area contributed by atoms with Gasteiger partial charge < -0.3 is 4.74 Å². The fourth-order valence-corrected chi connectivity index (χ4v) is 2.90. The molecule has 0 aliphatic carbocycles. The molecule has 9 nitrogen and oxygen atoms in total. The number of ether oxygens (including phenoxy) is 1. The lowest BCUT2D eigenvalue weighted by Crippen LogP contribution is -2.49. The minimum atomic E-state index is -0.542. The molecule has 0 radical (unpaired) electrons. The number of nitrogens with zero attached hydrogens (tertiary/aromatic N) is 1. The average molecular weight is 477 g/mol. The molecule has 34 heavy (non-hydrogen) atoms. The van der Waals surface area contributed by atoms with E-state index < -0.39 is 16.7 Å². The van der Waals surface area contributed by atoms with Crippen molar-refractivity contribution >= 4 is 40.9 Å². The number of hydrazine groups is 1. The lowest BCUT2D eigenvalue weighted by Gasteiger charge is -2.11. The van der Waals surface area contributed by atoms with Crippen LogP contribution in [0.3, 0.4) is 0 Å². The zero-order valence-corrected chi connectivity index (χ0v) is 18.6. The smallest absolute Gasteiger partial charge is 0.276 e. The number of carbonyl (C=O) groups excluding carboxylic acids is 2. The van der Waals surface area contributed by atoms with E-state index in [2.05, 4.69) is 16.2 Å². The Morgan fingerprint density at radius 3 is 2.21 bits per heavy atom. The summed E-state index contributed by atoms with van der Waals surface area (Å²) in [4.78, 5) is 34.0. The van der Waals surface area contributed by atoms with E-state index in [1.54, 1.807) is 12.1 Å². The second kappa shape index (κ2) is 11.9. The highest BCUT2D eigenvalue weighted by Gasteiger charge is 2.06. The monoisotopic (exact) mass is 476 g/mol. The molecule has 0 saturated carbocycles. The Morgan fingerprint density at radius 1 is 0.912 bits per heavy atom. The van der Waals surface area contributed by atoms with Crippen LogP contribution >= 0.6 is 12.2 Å². The van der Waals surface area contributed by atoms with Gasteiger partial charge in [-0.05, 0) is 59.2 Å². The van der Waals surface area contributed by atoms with Gasteiger partial charge in [-0.2, -0.15) is 0 Å². The average Bonchev–Trinajstić information content (AvgIpc) is 2.86. The largest absolute Gasteiger partial charge is 0.484 e. The molecule has 0 aliphatic heterocycles. The van der Waals surface area contributed by atoms with Gasteiger partial charge in [-0.15, -0.1) is 0 Å². The molecule has 10 heteroatoms. The van der Waals surface area contributed by atoms with Gasteiger partial charge in [0.1, 0.15) is 5.75 Å². The van der Waals surface area contributed by atoms with Gasteiger partial charge in [0.15, 0.2) is 11.7 Å². The van der Waals surface area contributed by atoms with Gasteiger partial charge in [-0.3, -0.25) is 35.9 Å². The highest BCUT2D eigenvalue weighted by atomic mass is 32.1. The molecule has 0 spiro atoms. The molecule has 3 N–H and O–H groups in total. The number of nitro groups is 1. The predicted molar refractivity (Wildman–Crippen MR) is 132 cm³/mol. The number of thiocarbonyl (C=S) groups is 1. The van der Waals surface area contributed by atoms with Gasteiger partial charge in [0.25, 0.3) is 11.6 Å². The Balaban J connectivity index is 1.37. The predicted octanol–water partition coefficient (Wildman–Crippen LogP) is 3.38. The molecular weight excluding hydrogens is 456 g/mol. The van der Waals surface area contributed by atoms with E-state index in [1.807, 2.05) is 42.5 Å². The Morgan fingerprint density at radius 2 is 1.56 bits per heavy atom. The van der Waals surface area contributed by atoms with Crippen LogP contribution in [0.1, 0.15) is 5.56 Å². The third-order valence-corrected chi connectivity index (χ3v) is 4.62. The summed E-state index contributed by atoms with van der Waals surface area (Å²) in [5, 5.41) is 12.9. The van der Waals surface area contributed by atoms with Crippen LogP contribution in [0.4, 0.5) is 5.69 Å². The summed E-state index contributed by atoms with van der Waals surface area (Å²) >= 11 is 4.96. The van der Waals surface area contributed by atoms with Crippen molar-refractivity contribution in [2.24, 2.45) is 0 Å². The first-order valence-electron chi connectivity index (χ1n) is 10.0. The SMILES string of the molecule is O=C(/C=C/c1ccc([N+](=O)[O-])cc1)NC(=S)NNC(=O)COc1ccc(-c2ccccc2)cc1. The number of rotatable bonds is 7. The van der Waals surface area contributed by atoms with Crippen LogP contribution in [0.25, 0.3) is 17.2 Å². The standard InChI is InChI=1S/C24H20N4O5S/c29-22(15-8-17-6-11-20(12-7-17)28(31)32)25-24(34)27-26-23(30)16-33-21-13-9-19(10-14-21)18-4-2-1-3-5-18/h1-15H,16H2,(H,26,30)(H2,25,27,29,34)/b15-8+. The maximum atomic E-state index is 11.9. The van der Waals surface area contributed by atoms with E-state index in [-0.39, 0.29) is 17.4 Å². The maximum absolute atomic E-state index is 11.9. The first-order valence-corrected chi connectivity index (χ1v) is 10.4. The molecule has 3 rings (SSSR count). The lowest BCUT2D eigenvalue weighted by atomic mass is 10.1. The molecule has 0 fully saturated rings. The van der Waals surface area contributed by atoms with Crippen LogP contribution in [0.15, 0.2) is 84.9 Å². The summed E-state index contributed by atoms with van der Waals surface area (Å²) in [6.45, 7) is -0.256. The minimum Gasteiger partial charge on any atom is -0.484 e. The van der Waals surface area contributed by atoms with E-state index >= 15 is 0 Å². The fraction of sp³-hybridized carbons (Fsp3) is 0.0417. The van der Waals surface area contributed by atoms with Crippen molar-refractivity contribution in [2.75, 3.05) is 6.61 Å². The van der Waals surface area contributed by atoms with Gasteiger partial charge >= 0.3 is 0 Å². The van der Waals surface area contributed by atoms with Crippen LogP contribution < -0.4 is 20.9 Å². The number of amides is 2. The Bertz CT molecular complexity index is 1200.